The Morgan fingerprint density at radius 1 is 1.16 bits per heavy atom. The minimum atomic E-state index is -3.75. The molecule has 9 nitrogen and oxygen atoms in total. The smallest absolute Gasteiger partial charge is 0.271 e. The Bertz CT molecular complexity index is 1250. The number of hydrogen-bond donors (Lipinski definition) is 1. The van der Waals surface area contributed by atoms with Crippen LogP contribution in [0, 0.1) is 15.9 Å². The van der Waals surface area contributed by atoms with Gasteiger partial charge in [-0.2, -0.15) is 0 Å². The van der Waals surface area contributed by atoms with E-state index in [1.165, 1.54) is 30.5 Å². The van der Waals surface area contributed by atoms with E-state index in [2.05, 4.69) is 10.3 Å². The molecule has 0 radical (unpaired) electrons. The average Bonchev–Trinajstić information content (AvgIpc) is 2.73. The van der Waals surface area contributed by atoms with Crippen LogP contribution >= 0.6 is 0 Å². The standard InChI is InChI=1S/C20H16FN3O6S/c1-31(28,29)18-10-14(9-16(11-18)24(26)27)20(25)23-12-13-6-7-22-19(8-13)30-17-4-2-15(21)3-5-17/h2-11H,12H2,1H3,(H,23,25). The monoisotopic (exact) mass is 445 g/mol. The Hall–Kier alpha value is -3.86. The lowest BCUT2D eigenvalue weighted by Crippen LogP contribution is -2.23. The lowest BCUT2D eigenvalue weighted by Gasteiger charge is -2.09. The molecular formula is C20H16FN3O6S. The number of ether oxygens (including phenoxy) is 1. The van der Waals surface area contributed by atoms with Gasteiger partial charge >= 0.3 is 0 Å². The van der Waals surface area contributed by atoms with Gasteiger partial charge in [0.2, 0.25) is 5.88 Å². The summed E-state index contributed by atoms with van der Waals surface area (Å²) in [6.07, 6.45) is 2.35. The second-order valence-electron chi connectivity index (χ2n) is 6.49. The number of nitro benzene ring substituents is 1. The first kappa shape index (κ1) is 21.8. The molecule has 1 aromatic heterocycles. The third-order valence-corrected chi connectivity index (χ3v) is 5.17. The molecule has 31 heavy (non-hydrogen) atoms. The summed E-state index contributed by atoms with van der Waals surface area (Å²) in [4.78, 5) is 26.5. The Morgan fingerprint density at radius 3 is 2.52 bits per heavy atom. The number of carbonyl (C=O) groups is 1. The zero-order chi connectivity index (χ0) is 22.6. The first-order valence-corrected chi connectivity index (χ1v) is 10.7. The SMILES string of the molecule is CS(=O)(=O)c1cc(C(=O)NCc2ccnc(Oc3ccc(F)cc3)c2)cc([N+](=O)[O-])c1. The van der Waals surface area contributed by atoms with Crippen LogP contribution in [0.4, 0.5) is 10.1 Å². The van der Waals surface area contributed by atoms with Gasteiger partial charge in [-0.3, -0.25) is 14.9 Å². The lowest BCUT2D eigenvalue weighted by molar-refractivity contribution is -0.385. The molecule has 1 N–H and O–H groups in total. The van der Waals surface area contributed by atoms with Crippen molar-refractivity contribution in [3.05, 3.63) is 87.9 Å². The largest absolute Gasteiger partial charge is 0.439 e. The number of nitrogens with zero attached hydrogens (tertiary/aromatic N) is 2. The maximum Gasteiger partial charge on any atom is 0.271 e. The van der Waals surface area contributed by atoms with Crippen molar-refractivity contribution >= 4 is 21.4 Å². The molecule has 160 valence electrons. The fourth-order valence-electron chi connectivity index (χ4n) is 2.56. The summed E-state index contributed by atoms with van der Waals surface area (Å²) >= 11 is 0. The number of rotatable bonds is 7. The minimum Gasteiger partial charge on any atom is -0.439 e. The van der Waals surface area contributed by atoms with E-state index < -0.39 is 32.2 Å². The Balaban J connectivity index is 1.74. The highest BCUT2D eigenvalue weighted by atomic mass is 32.2. The van der Waals surface area contributed by atoms with E-state index in [9.17, 15) is 27.7 Å². The molecule has 0 atom stereocenters. The van der Waals surface area contributed by atoms with Crippen LogP contribution in [0.25, 0.3) is 0 Å². The number of aromatic nitrogens is 1. The fourth-order valence-corrected chi connectivity index (χ4v) is 3.23. The van der Waals surface area contributed by atoms with Gasteiger partial charge in [0.25, 0.3) is 11.6 Å². The summed E-state index contributed by atoms with van der Waals surface area (Å²) in [7, 11) is -3.75. The van der Waals surface area contributed by atoms with Gasteiger partial charge in [0, 0.05) is 42.8 Å². The van der Waals surface area contributed by atoms with Gasteiger partial charge in [-0.05, 0) is 42.0 Å². The number of sulfone groups is 1. The lowest BCUT2D eigenvalue weighted by atomic mass is 10.2. The zero-order valence-electron chi connectivity index (χ0n) is 16.1. The van der Waals surface area contributed by atoms with E-state index in [1.807, 2.05) is 0 Å². The predicted octanol–water partition coefficient (Wildman–Crippen LogP) is 3.25. The van der Waals surface area contributed by atoms with Gasteiger partial charge in [-0.15, -0.1) is 0 Å². The second-order valence-corrected chi connectivity index (χ2v) is 8.50. The van der Waals surface area contributed by atoms with Crippen LogP contribution in [-0.4, -0.2) is 30.5 Å². The third kappa shape index (κ3) is 5.82. The second kappa shape index (κ2) is 8.88. The van der Waals surface area contributed by atoms with Crippen LogP contribution in [0.5, 0.6) is 11.6 Å². The van der Waals surface area contributed by atoms with Crippen LogP contribution in [-0.2, 0) is 16.4 Å². The minimum absolute atomic E-state index is 0.0258. The summed E-state index contributed by atoms with van der Waals surface area (Å²) in [5, 5.41) is 13.6. The van der Waals surface area contributed by atoms with Gasteiger partial charge in [0.05, 0.1) is 9.82 Å². The van der Waals surface area contributed by atoms with Crippen LogP contribution in [0.2, 0.25) is 0 Å². The molecule has 1 amide bonds. The van der Waals surface area contributed by atoms with Crippen LogP contribution in [0.3, 0.4) is 0 Å². The highest BCUT2D eigenvalue weighted by Crippen LogP contribution is 2.22. The molecule has 0 spiro atoms. The number of non-ortho nitro benzene ring substituents is 1. The van der Waals surface area contributed by atoms with Crippen LogP contribution < -0.4 is 10.1 Å². The van der Waals surface area contributed by atoms with E-state index in [0.29, 0.717) is 11.3 Å². The number of benzene rings is 2. The van der Waals surface area contributed by atoms with Gasteiger partial charge < -0.3 is 10.1 Å². The molecule has 3 aromatic rings. The summed E-state index contributed by atoms with van der Waals surface area (Å²) in [5.74, 6) is -0.503. The molecule has 1 heterocycles. The molecule has 0 fully saturated rings. The molecule has 0 bridgehead atoms. The van der Waals surface area contributed by atoms with E-state index in [-0.39, 0.29) is 22.9 Å². The number of pyridine rings is 1. The maximum atomic E-state index is 13.0. The van der Waals surface area contributed by atoms with Gasteiger partial charge in [0.15, 0.2) is 9.84 Å². The van der Waals surface area contributed by atoms with Crippen molar-refractivity contribution < 1.29 is 27.3 Å². The normalized spacial score (nSPS) is 11.0. The van der Waals surface area contributed by atoms with E-state index in [0.717, 1.165) is 24.5 Å². The highest BCUT2D eigenvalue weighted by Gasteiger charge is 2.19. The number of halogens is 1. The van der Waals surface area contributed by atoms with Gasteiger partial charge in [-0.25, -0.2) is 17.8 Å². The Kier molecular flexibility index (Phi) is 6.25. The molecule has 0 aliphatic heterocycles. The number of nitro groups is 1. The number of hydrogen-bond acceptors (Lipinski definition) is 7. The van der Waals surface area contributed by atoms with Crippen molar-refractivity contribution in [1.29, 1.82) is 0 Å². The number of carbonyl (C=O) groups excluding carboxylic acids is 1. The first-order valence-electron chi connectivity index (χ1n) is 8.78. The summed E-state index contributed by atoms with van der Waals surface area (Å²) in [6, 6.07) is 11.5. The number of amides is 1. The zero-order valence-corrected chi connectivity index (χ0v) is 16.9. The molecule has 0 unspecified atom stereocenters. The van der Waals surface area contributed by atoms with Crippen molar-refractivity contribution in [2.75, 3.05) is 6.26 Å². The first-order chi connectivity index (χ1) is 14.6. The molecule has 0 aliphatic carbocycles. The van der Waals surface area contributed by atoms with Gasteiger partial charge in [-0.1, -0.05) is 0 Å². The molecule has 0 saturated carbocycles. The summed E-state index contributed by atoms with van der Waals surface area (Å²) < 4.78 is 42.1. The van der Waals surface area contributed by atoms with Crippen LogP contribution in [0.15, 0.2) is 65.7 Å². The van der Waals surface area contributed by atoms with Crippen molar-refractivity contribution in [1.82, 2.24) is 10.3 Å². The maximum absolute atomic E-state index is 13.0. The topological polar surface area (TPSA) is 128 Å². The van der Waals surface area contributed by atoms with E-state index in [4.69, 9.17) is 4.74 Å². The summed E-state index contributed by atoms with van der Waals surface area (Å²) in [5.41, 5.74) is -0.0623. The van der Waals surface area contributed by atoms with E-state index in [1.54, 1.807) is 12.1 Å². The van der Waals surface area contributed by atoms with Gasteiger partial charge in [0.1, 0.15) is 11.6 Å². The fraction of sp³-hybridized carbons (Fsp3) is 0.100. The van der Waals surface area contributed by atoms with Crippen molar-refractivity contribution in [2.24, 2.45) is 0 Å². The molecule has 0 saturated heterocycles. The van der Waals surface area contributed by atoms with Crippen LogP contribution in [0.1, 0.15) is 15.9 Å². The molecule has 0 aliphatic rings. The predicted molar refractivity (Wildman–Crippen MR) is 108 cm³/mol. The van der Waals surface area contributed by atoms with Crippen molar-refractivity contribution in [3.63, 3.8) is 0 Å². The quantitative estimate of drug-likeness (QED) is 0.437. The summed E-state index contributed by atoms with van der Waals surface area (Å²) in [6.45, 7) is 0.0258. The molecule has 3 rings (SSSR count). The average molecular weight is 445 g/mol. The molecular weight excluding hydrogens is 429 g/mol. The van der Waals surface area contributed by atoms with Crippen molar-refractivity contribution in [3.8, 4) is 11.6 Å². The molecule has 2 aromatic carbocycles. The molecule has 11 heteroatoms. The van der Waals surface area contributed by atoms with E-state index >= 15 is 0 Å². The van der Waals surface area contributed by atoms with Crippen molar-refractivity contribution in [2.45, 2.75) is 11.4 Å². The highest BCUT2D eigenvalue weighted by molar-refractivity contribution is 7.90. The third-order valence-electron chi connectivity index (χ3n) is 4.08. The Morgan fingerprint density at radius 2 is 1.87 bits per heavy atom. The Labute approximate surface area is 176 Å². The number of nitrogens with one attached hydrogen (secondary N) is 1.